The number of carbonyl (C=O) groups excluding carboxylic acids is 2. The van der Waals surface area contributed by atoms with E-state index in [4.69, 9.17) is 0 Å². The predicted molar refractivity (Wildman–Crippen MR) is 100 cm³/mol. The zero-order chi connectivity index (χ0) is 17.5. The molecule has 1 N–H and O–H groups in total. The maximum atomic E-state index is 12.0. The maximum Gasteiger partial charge on any atom is 0.224 e. The minimum absolute atomic E-state index is 0.0391. The molecule has 126 valence electrons. The van der Waals surface area contributed by atoms with Gasteiger partial charge in [-0.1, -0.05) is 40.2 Å². The van der Waals surface area contributed by atoms with E-state index >= 15 is 0 Å². The highest BCUT2D eigenvalue weighted by molar-refractivity contribution is 9.10. The molecule has 0 unspecified atom stereocenters. The van der Waals surface area contributed by atoms with Crippen LogP contribution in [-0.4, -0.2) is 24.9 Å². The maximum absolute atomic E-state index is 12.0. The van der Waals surface area contributed by atoms with Crippen molar-refractivity contribution < 1.29 is 9.59 Å². The van der Waals surface area contributed by atoms with E-state index in [9.17, 15) is 9.59 Å². The van der Waals surface area contributed by atoms with E-state index in [-0.39, 0.29) is 11.8 Å². The van der Waals surface area contributed by atoms with Gasteiger partial charge in [0, 0.05) is 30.2 Å². The summed E-state index contributed by atoms with van der Waals surface area (Å²) >= 11 is 3.37. The van der Waals surface area contributed by atoms with Gasteiger partial charge >= 0.3 is 0 Å². The molecule has 24 heavy (non-hydrogen) atoms. The van der Waals surface area contributed by atoms with Crippen molar-refractivity contribution in [1.29, 1.82) is 0 Å². The zero-order valence-electron chi connectivity index (χ0n) is 13.9. The number of nitrogens with one attached hydrogen (secondary N) is 1. The molecule has 0 fully saturated rings. The Kier molecular flexibility index (Phi) is 6.55. The average Bonchev–Trinajstić information content (AvgIpc) is 2.53. The van der Waals surface area contributed by atoms with Gasteiger partial charge in [-0.05, 0) is 42.3 Å². The molecule has 0 saturated heterocycles. The molecular weight excluding hydrogens is 368 g/mol. The number of anilines is 1. The summed E-state index contributed by atoms with van der Waals surface area (Å²) in [6.07, 6.45) is 0.331. The van der Waals surface area contributed by atoms with Crippen LogP contribution < -0.4 is 10.2 Å². The Morgan fingerprint density at radius 3 is 2.46 bits per heavy atom. The number of hydrogen-bond donors (Lipinski definition) is 1. The summed E-state index contributed by atoms with van der Waals surface area (Å²) in [7, 11) is 0. The summed E-state index contributed by atoms with van der Waals surface area (Å²) in [6.45, 7) is 4.39. The van der Waals surface area contributed by atoms with Gasteiger partial charge in [0.15, 0.2) is 0 Å². The molecular formula is C19H21BrN2O2. The summed E-state index contributed by atoms with van der Waals surface area (Å²) in [5, 5.41) is 2.87. The van der Waals surface area contributed by atoms with Gasteiger partial charge in [0.25, 0.3) is 0 Å². The third-order valence-electron chi connectivity index (χ3n) is 3.63. The topological polar surface area (TPSA) is 49.4 Å². The average molecular weight is 389 g/mol. The number of halogens is 1. The lowest BCUT2D eigenvalue weighted by molar-refractivity contribution is -0.121. The van der Waals surface area contributed by atoms with Crippen LogP contribution in [0.4, 0.5) is 5.69 Å². The van der Waals surface area contributed by atoms with Crippen LogP contribution in [0, 0.1) is 6.92 Å². The molecule has 0 aliphatic heterocycles. The molecule has 0 bridgehead atoms. The Labute approximate surface area is 151 Å². The molecule has 0 aliphatic rings. The van der Waals surface area contributed by atoms with Gasteiger partial charge in [-0.3, -0.25) is 9.59 Å². The second-order valence-corrected chi connectivity index (χ2v) is 6.58. The van der Waals surface area contributed by atoms with E-state index in [0.717, 1.165) is 21.3 Å². The molecule has 5 heteroatoms. The molecule has 0 spiro atoms. The predicted octanol–water partition coefficient (Wildman–Crippen LogP) is 3.47. The summed E-state index contributed by atoms with van der Waals surface area (Å²) in [4.78, 5) is 25.5. The highest BCUT2D eigenvalue weighted by atomic mass is 79.9. The SMILES string of the molecule is CC(=O)N(CCNC(=O)Cc1ccc(Br)cc1)c1cccc(C)c1. The fourth-order valence-corrected chi connectivity index (χ4v) is 2.69. The van der Waals surface area contributed by atoms with Crippen molar-refractivity contribution in [3.8, 4) is 0 Å². The molecule has 4 nitrogen and oxygen atoms in total. The van der Waals surface area contributed by atoms with E-state index in [1.165, 1.54) is 6.92 Å². The third kappa shape index (κ3) is 5.49. The number of benzene rings is 2. The normalized spacial score (nSPS) is 10.3. The summed E-state index contributed by atoms with van der Waals surface area (Å²) in [5.74, 6) is -0.0900. The van der Waals surface area contributed by atoms with Crippen LogP contribution >= 0.6 is 15.9 Å². The molecule has 0 heterocycles. The molecule has 0 aromatic heterocycles. The first kappa shape index (κ1) is 18.2. The van der Waals surface area contributed by atoms with Gasteiger partial charge < -0.3 is 10.2 Å². The molecule has 0 saturated carbocycles. The minimum Gasteiger partial charge on any atom is -0.354 e. The van der Waals surface area contributed by atoms with Crippen molar-refractivity contribution in [3.05, 3.63) is 64.1 Å². The molecule has 2 aromatic carbocycles. The van der Waals surface area contributed by atoms with Gasteiger partial charge in [0.2, 0.25) is 11.8 Å². The van der Waals surface area contributed by atoms with Crippen molar-refractivity contribution in [1.82, 2.24) is 5.32 Å². The number of nitrogens with zero attached hydrogens (tertiary/aromatic N) is 1. The Morgan fingerprint density at radius 2 is 1.83 bits per heavy atom. The Bertz CT molecular complexity index is 714. The standard InChI is InChI=1S/C19H21BrN2O2/c1-14-4-3-5-18(12-14)22(15(2)23)11-10-21-19(24)13-16-6-8-17(20)9-7-16/h3-9,12H,10-11,13H2,1-2H3,(H,21,24). The van der Waals surface area contributed by atoms with E-state index in [1.807, 2.05) is 55.5 Å². The van der Waals surface area contributed by atoms with Crippen LogP contribution in [-0.2, 0) is 16.0 Å². The lowest BCUT2D eigenvalue weighted by Gasteiger charge is -2.21. The van der Waals surface area contributed by atoms with Gasteiger partial charge in [0.1, 0.15) is 0 Å². The first-order chi connectivity index (χ1) is 11.5. The number of hydrogen-bond acceptors (Lipinski definition) is 2. The van der Waals surface area contributed by atoms with Crippen LogP contribution in [0.2, 0.25) is 0 Å². The van der Waals surface area contributed by atoms with E-state index in [1.54, 1.807) is 4.90 Å². The fourth-order valence-electron chi connectivity index (χ4n) is 2.42. The monoisotopic (exact) mass is 388 g/mol. The molecule has 2 amide bonds. The van der Waals surface area contributed by atoms with Gasteiger partial charge in [-0.15, -0.1) is 0 Å². The Balaban J connectivity index is 1.87. The minimum atomic E-state index is -0.0509. The lowest BCUT2D eigenvalue weighted by Crippen LogP contribution is -2.38. The second-order valence-electron chi connectivity index (χ2n) is 5.66. The largest absolute Gasteiger partial charge is 0.354 e. The molecule has 0 aliphatic carbocycles. The van der Waals surface area contributed by atoms with Crippen molar-refractivity contribution >= 4 is 33.4 Å². The highest BCUT2D eigenvalue weighted by Crippen LogP contribution is 2.15. The quantitative estimate of drug-likeness (QED) is 0.823. The molecule has 0 atom stereocenters. The first-order valence-electron chi connectivity index (χ1n) is 7.81. The molecule has 0 radical (unpaired) electrons. The number of aryl methyl sites for hydroxylation is 1. The van der Waals surface area contributed by atoms with E-state index in [2.05, 4.69) is 21.2 Å². The lowest BCUT2D eigenvalue weighted by atomic mass is 10.1. The zero-order valence-corrected chi connectivity index (χ0v) is 15.5. The number of rotatable bonds is 6. The van der Waals surface area contributed by atoms with Crippen LogP contribution in [0.1, 0.15) is 18.1 Å². The van der Waals surface area contributed by atoms with Crippen LogP contribution in [0.15, 0.2) is 53.0 Å². The molecule has 2 aromatic rings. The number of carbonyl (C=O) groups is 2. The van der Waals surface area contributed by atoms with Crippen molar-refractivity contribution in [3.63, 3.8) is 0 Å². The van der Waals surface area contributed by atoms with E-state index < -0.39 is 0 Å². The van der Waals surface area contributed by atoms with Gasteiger partial charge in [-0.2, -0.15) is 0 Å². The third-order valence-corrected chi connectivity index (χ3v) is 4.16. The van der Waals surface area contributed by atoms with Crippen LogP contribution in [0.5, 0.6) is 0 Å². The van der Waals surface area contributed by atoms with Crippen molar-refractivity contribution in [2.24, 2.45) is 0 Å². The van der Waals surface area contributed by atoms with Gasteiger partial charge in [-0.25, -0.2) is 0 Å². The Morgan fingerprint density at radius 1 is 1.12 bits per heavy atom. The van der Waals surface area contributed by atoms with Gasteiger partial charge in [0.05, 0.1) is 6.42 Å². The second kappa shape index (κ2) is 8.64. The fraction of sp³-hybridized carbons (Fsp3) is 0.263. The Hall–Kier alpha value is -2.14. The first-order valence-corrected chi connectivity index (χ1v) is 8.61. The summed E-state index contributed by atoms with van der Waals surface area (Å²) < 4.78 is 0.988. The summed E-state index contributed by atoms with van der Waals surface area (Å²) in [5.41, 5.74) is 2.90. The van der Waals surface area contributed by atoms with Crippen LogP contribution in [0.3, 0.4) is 0 Å². The van der Waals surface area contributed by atoms with Crippen molar-refractivity contribution in [2.45, 2.75) is 20.3 Å². The van der Waals surface area contributed by atoms with Crippen molar-refractivity contribution in [2.75, 3.05) is 18.0 Å². The van der Waals surface area contributed by atoms with E-state index in [0.29, 0.717) is 19.5 Å². The molecule has 2 rings (SSSR count). The number of amides is 2. The smallest absolute Gasteiger partial charge is 0.224 e. The highest BCUT2D eigenvalue weighted by Gasteiger charge is 2.12. The summed E-state index contributed by atoms with van der Waals surface area (Å²) in [6, 6.07) is 15.4. The van der Waals surface area contributed by atoms with Crippen LogP contribution in [0.25, 0.3) is 0 Å².